The summed E-state index contributed by atoms with van der Waals surface area (Å²) < 4.78 is 0. The Labute approximate surface area is 139 Å². The zero-order valence-corrected chi connectivity index (χ0v) is 13.2. The number of anilines is 1. The summed E-state index contributed by atoms with van der Waals surface area (Å²) in [7, 11) is 0. The highest BCUT2D eigenvalue weighted by atomic mass is 16.2. The number of nitrogens with zero attached hydrogens (tertiary/aromatic N) is 1. The van der Waals surface area contributed by atoms with Crippen molar-refractivity contribution >= 4 is 28.4 Å². The average molecular weight is 319 g/mol. The molecule has 2 amide bonds. The van der Waals surface area contributed by atoms with E-state index in [1.54, 1.807) is 18.3 Å². The quantitative estimate of drug-likeness (QED) is 0.776. The third-order valence-electron chi connectivity index (χ3n) is 3.64. The first-order valence-corrected chi connectivity index (χ1v) is 7.62. The Balaban J connectivity index is 1.85. The van der Waals surface area contributed by atoms with Gasteiger partial charge in [-0.2, -0.15) is 0 Å². The zero-order valence-electron chi connectivity index (χ0n) is 13.2. The number of fused-ring (bicyclic) bond motifs is 1. The van der Waals surface area contributed by atoms with Crippen LogP contribution in [0.3, 0.4) is 0 Å². The second-order valence-corrected chi connectivity index (χ2v) is 5.40. The number of nitrogens with one attached hydrogen (secondary N) is 2. The van der Waals surface area contributed by atoms with E-state index in [1.807, 2.05) is 42.5 Å². The molecule has 0 fully saturated rings. The molecule has 120 valence electrons. The molecule has 5 heteroatoms. The van der Waals surface area contributed by atoms with Gasteiger partial charge >= 0.3 is 0 Å². The van der Waals surface area contributed by atoms with E-state index in [2.05, 4.69) is 15.6 Å². The lowest BCUT2D eigenvalue weighted by atomic mass is 10.1. The number of pyridine rings is 1. The van der Waals surface area contributed by atoms with E-state index in [1.165, 1.54) is 6.92 Å². The molecule has 3 aromatic rings. The van der Waals surface area contributed by atoms with Crippen LogP contribution in [0.4, 0.5) is 5.69 Å². The molecule has 5 nitrogen and oxygen atoms in total. The number of benzene rings is 2. The molecule has 0 atom stereocenters. The first kappa shape index (κ1) is 15.7. The van der Waals surface area contributed by atoms with Gasteiger partial charge in [0.25, 0.3) is 5.91 Å². The number of amides is 2. The lowest BCUT2D eigenvalue weighted by molar-refractivity contribution is -0.114. The monoisotopic (exact) mass is 319 g/mol. The minimum absolute atomic E-state index is 0.134. The Bertz CT molecular complexity index is 892. The van der Waals surface area contributed by atoms with Crippen LogP contribution in [0.5, 0.6) is 0 Å². The van der Waals surface area contributed by atoms with Crippen molar-refractivity contribution in [3.63, 3.8) is 0 Å². The van der Waals surface area contributed by atoms with Crippen molar-refractivity contribution in [1.82, 2.24) is 10.3 Å². The van der Waals surface area contributed by atoms with Crippen LogP contribution in [0, 0.1) is 0 Å². The van der Waals surface area contributed by atoms with Gasteiger partial charge in [0.05, 0.1) is 11.2 Å². The Kier molecular flexibility index (Phi) is 4.52. The van der Waals surface area contributed by atoms with Crippen molar-refractivity contribution in [3.05, 3.63) is 71.9 Å². The minimum atomic E-state index is -0.134. The van der Waals surface area contributed by atoms with Gasteiger partial charge in [0.15, 0.2) is 0 Å². The van der Waals surface area contributed by atoms with E-state index in [0.717, 1.165) is 16.5 Å². The maximum atomic E-state index is 12.2. The predicted molar refractivity (Wildman–Crippen MR) is 93.7 cm³/mol. The summed E-state index contributed by atoms with van der Waals surface area (Å²) in [5.41, 5.74) is 2.98. The summed E-state index contributed by atoms with van der Waals surface area (Å²) >= 11 is 0. The number of hydrogen-bond acceptors (Lipinski definition) is 3. The highest BCUT2D eigenvalue weighted by molar-refractivity contribution is 6.01. The van der Waals surface area contributed by atoms with Gasteiger partial charge in [0.1, 0.15) is 0 Å². The summed E-state index contributed by atoms with van der Waals surface area (Å²) in [6.45, 7) is 1.83. The maximum absolute atomic E-state index is 12.2. The number of hydrogen-bond donors (Lipinski definition) is 2. The Morgan fingerprint density at radius 1 is 1.00 bits per heavy atom. The first-order valence-electron chi connectivity index (χ1n) is 7.62. The highest BCUT2D eigenvalue weighted by Crippen LogP contribution is 2.25. The van der Waals surface area contributed by atoms with E-state index < -0.39 is 0 Å². The van der Waals surface area contributed by atoms with Gasteiger partial charge in [0.2, 0.25) is 5.91 Å². The third kappa shape index (κ3) is 3.41. The molecule has 0 aliphatic rings. The van der Waals surface area contributed by atoms with Crippen molar-refractivity contribution in [2.24, 2.45) is 0 Å². The molecule has 2 N–H and O–H groups in total. The molecule has 24 heavy (non-hydrogen) atoms. The van der Waals surface area contributed by atoms with Gasteiger partial charge in [-0.3, -0.25) is 14.6 Å². The van der Waals surface area contributed by atoms with Crippen LogP contribution in [0.2, 0.25) is 0 Å². The molecule has 1 heterocycles. The maximum Gasteiger partial charge on any atom is 0.251 e. The van der Waals surface area contributed by atoms with Gasteiger partial charge in [-0.05, 0) is 35.9 Å². The summed E-state index contributed by atoms with van der Waals surface area (Å²) in [6.07, 6.45) is 1.70. The topological polar surface area (TPSA) is 71.1 Å². The summed E-state index contributed by atoms with van der Waals surface area (Å²) in [4.78, 5) is 27.9. The standard InChI is InChI=1S/C19H17N3O2/c1-13(23)22-17-10-9-15(18-16(17)8-5-11-20-18)12-21-19(24)14-6-3-2-4-7-14/h2-11H,12H2,1H3,(H,21,24)(H,22,23). The van der Waals surface area contributed by atoms with Crippen molar-refractivity contribution in [3.8, 4) is 0 Å². The molecule has 0 bridgehead atoms. The second-order valence-electron chi connectivity index (χ2n) is 5.40. The molecular weight excluding hydrogens is 302 g/mol. The van der Waals surface area contributed by atoms with Gasteiger partial charge in [-0.15, -0.1) is 0 Å². The van der Waals surface area contributed by atoms with Crippen molar-refractivity contribution < 1.29 is 9.59 Å². The molecular formula is C19H17N3O2. The zero-order chi connectivity index (χ0) is 16.9. The predicted octanol–water partition coefficient (Wildman–Crippen LogP) is 3.12. The highest BCUT2D eigenvalue weighted by Gasteiger charge is 2.10. The van der Waals surface area contributed by atoms with Crippen LogP contribution in [-0.2, 0) is 11.3 Å². The number of aromatic nitrogens is 1. The molecule has 0 aliphatic heterocycles. The minimum Gasteiger partial charge on any atom is -0.348 e. The molecule has 1 aromatic heterocycles. The second kappa shape index (κ2) is 6.91. The van der Waals surface area contributed by atoms with Crippen LogP contribution < -0.4 is 10.6 Å². The SMILES string of the molecule is CC(=O)Nc1ccc(CNC(=O)c2ccccc2)c2ncccc12. The van der Waals surface area contributed by atoms with E-state index in [-0.39, 0.29) is 11.8 Å². The summed E-state index contributed by atoms with van der Waals surface area (Å²) in [5.74, 6) is -0.268. The van der Waals surface area contributed by atoms with Crippen LogP contribution in [-0.4, -0.2) is 16.8 Å². The first-order chi connectivity index (χ1) is 11.6. The smallest absolute Gasteiger partial charge is 0.251 e. The number of carbonyl (C=O) groups excluding carboxylic acids is 2. The molecule has 3 rings (SSSR count). The van der Waals surface area contributed by atoms with Crippen LogP contribution >= 0.6 is 0 Å². The number of rotatable bonds is 4. The largest absolute Gasteiger partial charge is 0.348 e. The normalized spacial score (nSPS) is 10.4. The fraction of sp³-hybridized carbons (Fsp3) is 0.105. The molecule has 0 aliphatic carbocycles. The van der Waals surface area contributed by atoms with Crippen LogP contribution in [0.1, 0.15) is 22.8 Å². The number of carbonyl (C=O) groups is 2. The Morgan fingerprint density at radius 2 is 1.79 bits per heavy atom. The van der Waals surface area contributed by atoms with Crippen molar-refractivity contribution in [1.29, 1.82) is 0 Å². The summed E-state index contributed by atoms with van der Waals surface area (Å²) in [5, 5.41) is 6.55. The third-order valence-corrected chi connectivity index (χ3v) is 3.64. The van der Waals surface area contributed by atoms with E-state index in [4.69, 9.17) is 0 Å². The molecule has 0 radical (unpaired) electrons. The van der Waals surface area contributed by atoms with Gasteiger partial charge in [-0.1, -0.05) is 24.3 Å². The molecule has 0 unspecified atom stereocenters. The average Bonchev–Trinajstić information content (AvgIpc) is 2.61. The van der Waals surface area contributed by atoms with Crippen molar-refractivity contribution in [2.45, 2.75) is 13.5 Å². The van der Waals surface area contributed by atoms with Gasteiger partial charge < -0.3 is 10.6 Å². The fourth-order valence-corrected chi connectivity index (χ4v) is 2.54. The molecule has 0 spiro atoms. The summed E-state index contributed by atoms with van der Waals surface area (Å²) in [6, 6.07) is 16.5. The Hall–Kier alpha value is -3.21. The molecule has 2 aromatic carbocycles. The van der Waals surface area contributed by atoms with Gasteiger partial charge in [-0.25, -0.2) is 0 Å². The van der Waals surface area contributed by atoms with Gasteiger partial charge in [0, 0.05) is 30.6 Å². The van der Waals surface area contributed by atoms with E-state index >= 15 is 0 Å². The Morgan fingerprint density at radius 3 is 2.54 bits per heavy atom. The lowest BCUT2D eigenvalue weighted by Crippen LogP contribution is -2.23. The fourth-order valence-electron chi connectivity index (χ4n) is 2.54. The lowest BCUT2D eigenvalue weighted by Gasteiger charge is -2.11. The van der Waals surface area contributed by atoms with E-state index in [0.29, 0.717) is 17.8 Å². The molecule has 0 saturated carbocycles. The van der Waals surface area contributed by atoms with Crippen LogP contribution in [0.25, 0.3) is 10.9 Å². The molecule has 0 saturated heterocycles. The van der Waals surface area contributed by atoms with E-state index in [9.17, 15) is 9.59 Å². The van der Waals surface area contributed by atoms with Crippen molar-refractivity contribution in [2.75, 3.05) is 5.32 Å². The van der Waals surface area contributed by atoms with Crippen LogP contribution in [0.15, 0.2) is 60.8 Å².